The van der Waals surface area contributed by atoms with E-state index in [-0.39, 0.29) is 11.9 Å². The maximum absolute atomic E-state index is 14.0. The van der Waals surface area contributed by atoms with Crippen LogP contribution in [0, 0.1) is 5.82 Å². The van der Waals surface area contributed by atoms with Crippen molar-refractivity contribution in [3.63, 3.8) is 0 Å². The van der Waals surface area contributed by atoms with Crippen molar-refractivity contribution in [2.45, 2.75) is 12.5 Å². The number of ether oxygens (including phenoxy) is 1. The molecule has 0 amide bonds. The van der Waals surface area contributed by atoms with E-state index in [4.69, 9.17) is 27.9 Å². The Labute approximate surface area is 133 Å². The molecule has 1 atom stereocenters. The van der Waals surface area contributed by atoms with Crippen LogP contribution in [0.25, 0.3) is 0 Å². The fourth-order valence-corrected chi connectivity index (χ4v) is 2.65. The van der Waals surface area contributed by atoms with Crippen molar-refractivity contribution in [3.8, 4) is 5.75 Å². The molecule has 1 N–H and O–H groups in total. The summed E-state index contributed by atoms with van der Waals surface area (Å²) < 4.78 is 19.3. The monoisotopic (exact) mass is 327 g/mol. The summed E-state index contributed by atoms with van der Waals surface area (Å²) in [6.45, 7) is 0. The first kappa shape index (κ1) is 16.1. The van der Waals surface area contributed by atoms with E-state index in [1.54, 1.807) is 32.4 Å². The van der Waals surface area contributed by atoms with Crippen LogP contribution in [-0.4, -0.2) is 14.2 Å². The molecule has 0 radical (unpaired) electrons. The molecule has 0 fully saturated rings. The molecule has 0 bridgehead atoms. The fraction of sp³-hybridized carbons (Fsp3) is 0.250. The Balaban J connectivity index is 2.35. The molecular formula is C16H16Cl2FNO. The minimum Gasteiger partial charge on any atom is -0.496 e. The molecule has 0 aliphatic carbocycles. The molecule has 0 saturated carbocycles. The summed E-state index contributed by atoms with van der Waals surface area (Å²) in [7, 11) is 3.38. The molecule has 0 aliphatic heterocycles. The minimum absolute atomic E-state index is 0.226. The van der Waals surface area contributed by atoms with Crippen LogP contribution in [-0.2, 0) is 6.42 Å². The van der Waals surface area contributed by atoms with Gasteiger partial charge in [0.05, 0.1) is 7.11 Å². The van der Waals surface area contributed by atoms with Crippen molar-refractivity contribution < 1.29 is 9.13 Å². The van der Waals surface area contributed by atoms with Gasteiger partial charge in [0, 0.05) is 21.7 Å². The number of halogens is 3. The summed E-state index contributed by atoms with van der Waals surface area (Å²) in [6.07, 6.45) is 0.539. The first-order valence-corrected chi connectivity index (χ1v) is 7.25. The lowest BCUT2D eigenvalue weighted by Gasteiger charge is -2.19. The lowest BCUT2D eigenvalue weighted by Crippen LogP contribution is -2.20. The average molecular weight is 328 g/mol. The second kappa shape index (κ2) is 7.12. The van der Waals surface area contributed by atoms with Gasteiger partial charge in [-0.25, -0.2) is 4.39 Å². The Kier molecular flexibility index (Phi) is 5.45. The quantitative estimate of drug-likeness (QED) is 0.863. The van der Waals surface area contributed by atoms with E-state index in [1.807, 2.05) is 6.07 Å². The van der Waals surface area contributed by atoms with Crippen LogP contribution in [0.4, 0.5) is 4.39 Å². The average Bonchev–Trinajstić information content (AvgIpc) is 2.47. The van der Waals surface area contributed by atoms with Crippen LogP contribution < -0.4 is 10.1 Å². The molecule has 2 rings (SSSR count). The Morgan fingerprint density at radius 3 is 2.48 bits per heavy atom. The molecular weight excluding hydrogens is 312 g/mol. The van der Waals surface area contributed by atoms with Crippen molar-refractivity contribution in [1.82, 2.24) is 5.32 Å². The highest BCUT2D eigenvalue weighted by Crippen LogP contribution is 2.29. The van der Waals surface area contributed by atoms with E-state index in [0.717, 1.165) is 11.3 Å². The van der Waals surface area contributed by atoms with E-state index in [9.17, 15) is 4.39 Å². The zero-order valence-electron chi connectivity index (χ0n) is 11.8. The highest BCUT2D eigenvalue weighted by Gasteiger charge is 2.17. The SMILES string of the molecule is CNC(Cc1cc(Cl)ccc1OC)c1cc(Cl)ccc1F. The van der Waals surface area contributed by atoms with Crippen LogP contribution >= 0.6 is 23.2 Å². The summed E-state index contributed by atoms with van der Waals surface area (Å²) >= 11 is 12.0. The summed E-state index contributed by atoms with van der Waals surface area (Å²) in [5.41, 5.74) is 1.43. The number of benzene rings is 2. The maximum atomic E-state index is 14.0. The van der Waals surface area contributed by atoms with Gasteiger partial charge in [-0.15, -0.1) is 0 Å². The molecule has 2 aromatic carbocycles. The van der Waals surface area contributed by atoms with Crippen molar-refractivity contribution in [1.29, 1.82) is 0 Å². The van der Waals surface area contributed by atoms with Crippen LogP contribution in [0.2, 0.25) is 10.0 Å². The van der Waals surface area contributed by atoms with Gasteiger partial charge in [0.2, 0.25) is 0 Å². The van der Waals surface area contributed by atoms with Gasteiger partial charge in [0.1, 0.15) is 11.6 Å². The Hall–Kier alpha value is -1.29. The highest BCUT2D eigenvalue weighted by atomic mass is 35.5. The number of hydrogen-bond acceptors (Lipinski definition) is 2. The summed E-state index contributed by atoms with van der Waals surface area (Å²) in [6, 6.07) is 9.71. The summed E-state index contributed by atoms with van der Waals surface area (Å²) in [5.74, 6) is 0.432. The van der Waals surface area contributed by atoms with E-state index >= 15 is 0 Å². The standard InChI is InChI=1S/C16H16Cl2FNO/c1-20-15(13-9-12(18)3-5-14(13)19)8-10-7-11(17)4-6-16(10)21-2/h3-7,9,15,20H,8H2,1-2H3. The summed E-state index contributed by atoms with van der Waals surface area (Å²) in [5, 5.41) is 4.23. The second-order valence-corrected chi connectivity index (χ2v) is 5.54. The smallest absolute Gasteiger partial charge is 0.128 e. The van der Waals surface area contributed by atoms with Crippen molar-refractivity contribution in [2.75, 3.05) is 14.2 Å². The van der Waals surface area contributed by atoms with Crippen LogP contribution in [0.3, 0.4) is 0 Å². The Morgan fingerprint density at radius 1 is 1.14 bits per heavy atom. The van der Waals surface area contributed by atoms with Gasteiger partial charge in [0.25, 0.3) is 0 Å². The normalized spacial score (nSPS) is 12.2. The zero-order valence-corrected chi connectivity index (χ0v) is 13.3. The molecule has 0 heterocycles. The van der Waals surface area contributed by atoms with Gasteiger partial charge in [0.15, 0.2) is 0 Å². The highest BCUT2D eigenvalue weighted by molar-refractivity contribution is 6.31. The third-order valence-corrected chi connectivity index (χ3v) is 3.82. The third-order valence-electron chi connectivity index (χ3n) is 3.35. The fourth-order valence-electron chi connectivity index (χ4n) is 2.28. The van der Waals surface area contributed by atoms with Gasteiger partial charge in [-0.2, -0.15) is 0 Å². The molecule has 2 aromatic rings. The Bertz CT molecular complexity index is 634. The third kappa shape index (κ3) is 3.88. The second-order valence-electron chi connectivity index (χ2n) is 4.67. The zero-order chi connectivity index (χ0) is 15.4. The van der Waals surface area contributed by atoms with E-state index < -0.39 is 0 Å². The number of nitrogens with one attached hydrogen (secondary N) is 1. The van der Waals surface area contributed by atoms with Gasteiger partial charge < -0.3 is 10.1 Å². The Morgan fingerprint density at radius 2 is 1.81 bits per heavy atom. The topological polar surface area (TPSA) is 21.3 Å². The molecule has 0 aromatic heterocycles. The van der Waals surface area contributed by atoms with Crippen LogP contribution in [0.1, 0.15) is 17.2 Å². The maximum Gasteiger partial charge on any atom is 0.128 e. The van der Waals surface area contributed by atoms with Crippen molar-refractivity contribution in [2.24, 2.45) is 0 Å². The molecule has 0 spiro atoms. The molecule has 112 valence electrons. The van der Waals surface area contributed by atoms with E-state index in [0.29, 0.717) is 22.0 Å². The predicted octanol–water partition coefficient (Wildman–Crippen LogP) is 4.64. The lowest BCUT2D eigenvalue weighted by molar-refractivity contribution is 0.406. The summed E-state index contributed by atoms with van der Waals surface area (Å²) in [4.78, 5) is 0. The molecule has 2 nitrogen and oxygen atoms in total. The van der Waals surface area contributed by atoms with E-state index in [2.05, 4.69) is 5.32 Å². The molecule has 0 saturated heterocycles. The van der Waals surface area contributed by atoms with Gasteiger partial charge in [-0.3, -0.25) is 0 Å². The van der Waals surface area contributed by atoms with Gasteiger partial charge >= 0.3 is 0 Å². The lowest BCUT2D eigenvalue weighted by atomic mass is 9.98. The molecule has 0 aliphatic rings. The molecule has 21 heavy (non-hydrogen) atoms. The largest absolute Gasteiger partial charge is 0.496 e. The van der Waals surface area contributed by atoms with Crippen LogP contribution in [0.15, 0.2) is 36.4 Å². The number of hydrogen-bond donors (Lipinski definition) is 1. The van der Waals surface area contributed by atoms with Crippen molar-refractivity contribution in [3.05, 3.63) is 63.4 Å². The number of rotatable bonds is 5. The van der Waals surface area contributed by atoms with Gasteiger partial charge in [-0.1, -0.05) is 23.2 Å². The molecule has 5 heteroatoms. The molecule has 1 unspecified atom stereocenters. The van der Waals surface area contributed by atoms with E-state index in [1.165, 1.54) is 12.1 Å². The van der Waals surface area contributed by atoms with Crippen molar-refractivity contribution >= 4 is 23.2 Å². The number of likely N-dealkylation sites (N-methyl/N-ethyl adjacent to an activating group) is 1. The first-order valence-electron chi connectivity index (χ1n) is 6.49. The minimum atomic E-state index is -0.292. The number of methoxy groups -OCH3 is 1. The predicted molar refractivity (Wildman–Crippen MR) is 84.9 cm³/mol. The first-order chi connectivity index (χ1) is 10.0. The van der Waals surface area contributed by atoms with Crippen LogP contribution in [0.5, 0.6) is 5.75 Å². The van der Waals surface area contributed by atoms with Gasteiger partial charge in [-0.05, 0) is 55.4 Å².